The van der Waals surface area contributed by atoms with E-state index in [1.165, 1.54) is 0 Å². The van der Waals surface area contributed by atoms with Gasteiger partial charge in [0.2, 0.25) is 0 Å². The molecule has 1 rings (SSSR count). The van der Waals surface area contributed by atoms with Crippen molar-refractivity contribution in [1.82, 2.24) is 9.97 Å². The topological polar surface area (TPSA) is 25.8 Å². The Hall–Kier alpha value is -0.510. The van der Waals surface area contributed by atoms with Gasteiger partial charge in [0.25, 0.3) is 0 Å². The predicted molar refractivity (Wildman–Crippen MR) is 34.4 cm³/mol. The number of aromatic nitrogens is 2. The lowest BCUT2D eigenvalue weighted by atomic mass is 10.6. The molecule has 0 N–H and O–H groups in total. The van der Waals surface area contributed by atoms with Crippen LogP contribution in [-0.4, -0.2) is 9.97 Å². The van der Waals surface area contributed by atoms with Gasteiger partial charge in [0.1, 0.15) is 10.4 Å². The first-order valence-electron chi connectivity index (χ1n) is 2.35. The van der Waals surface area contributed by atoms with Crippen molar-refractivity contribution in [2.24, 2.45) is 0 Å². The quantitative estimate of drug-likeness (QED) is 0.583. The van der Waals surface area contributed by atoms with Crippen molar-refractivity contribution in [2.45, 2.75) is 6.92 Å². The SMILES string of the molecule is Cc1ncc(F)c(Br)n1. The molecule has 48 valence electrons. The van der Waals surface area contributed by atoms with E-state index in [1.807, 2.05) is 0 Å². The minimum absolute atomic E-state index is 0.218. The maximum atomic E-state index is 12.3. The monoisotopic (exact) mass is 190 g/mol. The molecule has 0 bridgehead atoms. The standard InChI is InChI=1S/C5H4BrFN2/c1-3-8-2-4(7)5(6)9-3/h2H,1H3. The summed E-state index contributed by atoms with van der Waals surface area (Å²) in [4.78, 5) is 7.33. The summed E-state index contributed by atoms with van der Waals surface area (Å²) in [7, 11) is 0. The Balaban J connectivity index is 3.17. The zero-order valence-electron chi connectivity index (χ0n) is 4.73. The van der Waals surface area contributed by atoms with Crippen LogP contribution in [0, 0.1) is 12.7 Å². The van der Waals surface area contributed by atoms with Crippen LogP contribution in [0.5, 0.6) is 0 Å². The molecule has 9 heavy (non-hydrogen) atoms. The Kier molecular flexibility index (Phi) is 1.75. The van der Waals surface area contributed by atoms with Crippen LogP contribution in [0.25, 0.3) is 0 Å². The van der Waals surface area contributed by atoms with Gasteiger partial charge in [-0.3, -0.25) is 0 Å². The van der Waals surface area contributed by atoms with Gasteiger partial charge < -0.3 is 0 Å². The summed E-state index contributed by atoms with van der Waals surface area (Å²) in [6.45, 7) is 1.70. The molecule has 0 saturated carbocycles. The maximum absolute atomic E-state index is 12.3. The van der Waals surface area contributed by atoms with Crippen LogP contribution < -0.4 is 0 Å². The van der Waals surface area contributed by atoms with Gasteiger partial charge in [0, 0.05) is 0 Å². The van der Waals surface area contributed by atoms with Crippen molar-refractivity contribution in [2.75, 3.05) is 0 Å². The van der Waals surface area contributed by atoms with Gasteiger partial charge in [-0.1, -0.05) is 0 Å². The second kappa shape index (κ2) is 2.39. The summed E-state index contributed by atoms with van der Waals surface area (Å²) in [5, 5.41) is 0. The van der Waals surface area contributed by atoms with Crippen LogP contribution in [0.2, 0.25) is 0 Å². The van der Waals surface area contributed by atoms with E-state index in [0.29, 0.717) is 5.82 Å². The third kappa shape index (κ3) is 1.45. The Labute approximate surface area is 60.3 Å². The lowest BCUT2D eigenvalue weighted by molar-refractivity contribution is 0.602. The normalized spacial score (nSPS) is 9.67. The lowest BCUT2D eigenvalue weighted by Gasteiger charge is -1.91. The van der Waals surface area contributed by atoms with Crippen LogP contribution in [0.4, 0.5) is 4.39 Å². The second-order valence-corrected chi connectivity index (χ2v) is 2.31. The van der Waals surface area contributed by atoms with Crippen molar-refractivity contribution in [3.05, 3.63) is 22.4 Å². The zero-order chi connectivity index (χ0) is 6.85. The average Bonchev–Trinajstić information content (AvgIpc) is 1.80. The molecule has 0 aliphatic rings. The molecule has 2 nitrogen and oxygen atoms in total. The Bertz CT molecular complexity index is 226. The van der Waals surface area contributed by atoms with Gasteiger partial charge in [-0.2, -0.15) is 0 Å². The molecule has 0 spiro atoms. The second-order valence-electron chi connectivity index (χ2n) is 1.56. The van der Waals surface area contributed by atoms with Gasteiger partial charge in [-0.05, 0) is 22.9 Å². The molecule has 0 unspecified atom stereocenters. The van der Waals surface area contributed by atoms with E-state index in [4.69, 9.17) is 0 Å². The molecular weight excluding hydrogens is 187 g/mol. The highest BCUT2D eigenvalue weighted by atomic mass is 79.9. The van der Waals surface area contributed by atoms with Crippen molar-refractivity contribution in [3.63, 3.8) is 0 Å². The van der Waals surface area contributed by atoms with E-state index >= 15 is 0 Å². The van der Waals surface area contributed by atoms with Crippen LogP contribution in [0.1, 0.15) is 5.82 Å². The predicted octanol–water partition coefficient (Wildman–Crippen LogP) is 1.69. The Morgan fingerprint density at radius 3 is 2.78 bits per heavy atom. The van der Waals surface area contributed by atoms with Gasteiger partial charge in [0.05, 0.1) is 6.20 Å². The largest absolute Gasteiger partial charge is 0.239 e. The molecule has 0 amide bonds. The fourth-order valence-electron chi connectivity index (χ4n) is 0.428. The Morgan fingerprint density at radius 1 is 1.67 bits per heavy atom. The van der Waals surface area contributed by atoms with Gasteiger partial charge in [-0.25, -0.2) is 14.4 Å². The minimum atomic E-state index is -0.430. The first-order valence-corrected chi connectivity index (χ1v) is 3.14. The van der Waals surface area contributed by atoms with E-state index in [2.05, 4.69) is 25.9 Å². The molecule has 0 radical (unpaired) electrons. The third-order valence-corrected chi connectivity index (χ3v) is 1.38. The molecule has 4 heteroatoms. The van der Waals surface area contributed by atoms with Crippen molar-refractivity contribution in [1.29, 1.82) is 0 Å². The molecule has 0 fully saturated rings. The fourth-order valence-corrected chi connectivity index (χ4v) is 0.787. The minimum Gasteiger partial charge on any atom is -0.239 e. The highest BCUT2D eigenvalue weighted by Crippen LogP contribution is 2.09. The van der Waals surface area contributed by atoms with E-state index in [0.717, 1.165) is 6.20 Å². The summed E-state index contributed by atoms with van der Waals surface area (Å²) in [5.41, 5.74) is 0. The molecular formula is C5H4BrFN2. The number of hydrogen-bond donors (Lipinski definition) is 0. The summed E-state index contributed by atoms with van der Waals surface area (Å²) in [6, 6.07) is 0. The van der Waals surface area contributed by atoms with Crippen molar-refractivity contribution >= 4 is 15.9 Å². The van der Waals surface area contributed by atoms with E-state index < -0.39 is 5.82 Å². The molecule has 1 heterocycles. The smallest absolute Gasteiger partial charge is 0.174 e. The van der Waals surface area contributed by atoms with Crippen LogP contribution in [-0.2, 0) is 0 Å². The highest BCUT2D eigenvalue weighted by Gasteiger charge is 1.98. The van der Waals surface area contributed by atoms with Gasteiger partial charge >= 0.3 is 0 Å². The molecule has 0 saturated heterocycles. The summed E-state index contributed by atoms with van der Waals surface area (Å²) < 4.78 is 12.5. The summed E-state index contributed by atoms with van der Waals surface area (Å²) in [6.07, 6.45) is 1.13. The van der Waals surface area contributed by atoms with E-state index in [1.54, 1.807) is 6.92 Å². The number of halogens is 2. The molecule has 0 aliphatic heterocycles. The zero-order valence-corrected chi connectivity index (χ0v) is 6.31. The first-order chi connectivity index (χ1) is 4.20. The summed E-state index contributed by atoms with van der Waals surface area (Å²) >= 11 is 2.92. The van der Waals surface area contributed by atoms with Crippen LogP contribution >= 0.6 is 15.9 Å². The van der Waals surface area contributed by atoms with Crippen LogP contribution in [0.3, 0.4) is 0 Å². The lowest BCUT2D eigenvalue weighted by Crippen LogP contribution is -1.89. The molecule has 1 aromatic rings. The molecule has 0 aromatic carbocycles. The fraction of sp³-hybridized carbons (Fsp3) is 0.200. The maximum Gasteiger partial charge on any atom is 0.174 e. The summed E-state index contributed by atoms with van der Waals surface area (Å²) in [5.74, 6) is 0.129. The molecule has 0 aliphatic carbocycles. The number of aryl methyl sites for hydroxylation is 1. The van der Waals surface area contributed by atoms with Crippen LogP contribution in [0.15, 0.2) is 10.8 Å². The van der Waals surface area contributed by atoms with E-state index in [9.17, 15) is 4.39 Å². The Morgan fingerprint density at radius 2 is 2.33 bits per heavy atom. The first kappa shape index (κ1) is 6.61. The average molecular weight is 191 g/mol. The highest BCUT2D eigenvalue weighted by molar-refractivity contribution is 9.10. The van der Waals surface area contributed by atoms with Crippen molar-refractivity contribution < 1.29 is 4.39 Å². The van der Waals surface area contributed by atoms with Gasteiger partial charge in [-0.15, -0.1) is 0 Å². The number of nitrogens with zero attached hydrogens (tertiary/aromatic N) is 2. The number of rotatable bonds is 0. The van der Waals surface area contributed by atoms with Crippen molar-refractivity contribution in [3.8, 4) is 0 Å². The molecule has 0 atom stereocenters. The van der Waals surface area contributed by atoms with E-state index in [-0.39, 0.29) is 4.60 Å². The molecule has 1 aromatic heterocycles. The number of hydrogen-bond acceptors (Lipinski definition) is 2. The third-order valence-electron chi connectivity index (χ3n) is 0.822. The van der Waals surface area contributed by atoms with Gasteiger partial charge in [0.15, 0.2) is 5.82 Å².